The van der Waals surface area contributed by atoms with Crippen LogP contribution in [0, 0.1) is 20.8 Å². The molecule has 1 rings (SSSR count). The Hall–Kier alpha value is -1.43. The first kappa shape index (κ1) is 17.6. The van der Waals surface area contributed by atoms with E-state index < -0.39 is 22.5 Å². The van der Waals surface area contributed by atoms with Crippen molar-refractivity contribution in [3.63, 3.8) is 0 Å². The predicted octanol–water partition coefficient (Wildman–Crippen LogP) is 2.69. The fourth-order valence-corrected chi connectivity index (χ4v) is 2.79. The molecule has 0 bridgehead atoms. The van der Waals surface area contributed by atoms with Gasteiger partial charge in [0.15, 0.2) is 0 Å². The molecule has 1 aromatic rings. The van der Waals surface area contributed by atoms with E-state index in [9.17, 15) is 19.5 Å². The van der Waals surface area contributed by atoms with E-state index in [0.29, 0.717) is 16.7 Å². The van der Waals surface area contributed by atoms with Crippen LogP contribution in [0.2, 0.25) is 0 Å². The monoisotopic (exact) mass is 331 g/mol. The van der Waals surface area contributed by atoms with Crippen LogP contribution in [-0.2, 0) is 4.79 Å². The quantitative estimate of drug-likeness (QED) is 0.831. The van der Waals surface area contributed by atoms with E-state index in [1.807, 2.05) is 0 Å². The molecule has 21 heavy (non-hydrogen) atoms. The van der Waals surface area contributed by atoms with E-state index in [1.165, 1.54) is 6.92 Å². The lowest BCUT2D eigenvalue weighted by Gasteiger charge is -2.19. The van der Waals surface area contributed by atoms with Gasteiger partial charge in [0.05, 0.1) is 0 Å². The third kappa shape index (κ3) is 3.43. The average molecular weight is 332 g/mol. The van der Waals surface area contributed by atoms with Crippen LogP contribution >= 0.6 is 23.2 Å². The molecule has 0 heterocycles. The first-order chi connectivity index (χ1) is 9.59. The number of aliphatic hydroxyl groups is 1. The molecule has 0 saturated carbocycles. The van der Waals surface area contributed by atoms with Crippen molar-refractivity contribution < 1.29 is 19.5 Å². The van der Waals surface area contributed by atoms with Gasteiger partial charge in [-0.25, -0.2) is 0 Å². The minimum atomic E-state index is -1.24. The predicted molar refractivity (Wildman–Crippen MR) is 81.3 cm³/mol. The topological polar surface area (TPSA) is 83.5 Å². The van der Waals surface area contributed by atoms with Crippen LogP contribution in [0.25, 0.3) is 0 Å². The molecule has 114 valence electrons. The van der Waals surface area contributed by atoms with Gasteiger partial charge in [-0.15, -0.1) is 0 Å². The number of carbonyl (C=O) groups is 3. The minimum Gasteiger partial charge on any atom is -0.384 e. The Balaban J connectivity index is 3.67. The van der Waals surface area contributed by atoms with Gasteiger partial charge < -0.3 is 10.4 Å². The maximum Gasteiger partial charge on any atom is 0.253 e. The number of nitrogens with one attached hydrogen (secondary N) is 1. The summed E-state index contributed by atoms with van der Waals surface area (Å²) >= 11 is 11.1. The molecule has 0 aliphatic carbocycles. The molecule has 0 saturated heterocycles. The molecule has 1 amide bonds. The zero-order chi connectivity index (χ0) is 16.5. The molecule has 0 fully saturated rings. The van der Waals surface area contributed by atoms with Gasteiger partial charge in [-0.3, -0.25) is 14.4 Å². The van der Waals surface area contributed by atoms with E-state index in [2.05, 4.69) is 5.32 Å². The van der Waals surface area contributed by atoms with E-state index in [4.69, 9.17) is 23.2 Å². The van der Waals surface area contributed by atoms with Crippen molar-refractivity contribution in [1.82, 2.24) is 0 Å². The Morgan fingerprint density at radius 3 is 1.62 bits per heavy atom. The first-order valence-electron chi connectivity index (χ1n) is 6.11. The average Bonchev–Trinajstić information content (AvgIpc) is 2.32. The molecule has 0 aliphatic rings. The number of amides is 1. The normalized spacial score (nSPS) is 12.0. The summed E-state index contributed by atoms with van der Waals surface area (Å²) in [4.78, 5) is 34.9. The van der Waals surface area contributed by atoms with Crippen molar-refractivity contribution in [2.24, 2.45) is 0 Å². The summed E-state index contributed by atoms with van der Waals surface area (Å²) in [5, 5.41) is 10.3. The Bertz CT molecular complexity index is 597. The van der Waals surface area contributed by atoms with Gasteiger partial charge >= 0.3 is 0 Å². The summed E-state index contributed by atoms with van der Waals surface area (Å²) < 4.78 is 0. The maximum absolute atomic E-state index is 11.7. The van der Waals surface area contributed by atoms with Crippen LogP contribution in [0.3, 0.4) is 0 Å². The third-order valence-corrected chi connectivity index (χ3v) is 3.65. The number of hydrogen-bond donors (Lipinski definition) is 2. The summed E-state index contributed by atoms with van der Waals surface area (Å²) in [5.74, 6) is -0.661. The molecular weight excluding hydrogens is 317 g/mol. The van der Waals surface area contributed by atoms with E-state index in [0.717, 1.165) is 0 Å². The summed E-state index contributed by atoms with van der Waals surface area (Å²) in [6, 6.07) is 0. The van der Waals surface area contributed by atoms with Gasteiger partial charge in [0, 0.05) is 16.8 Å². The standard InChI is InChI=1S/C14H15Cl2NO4/c1-5-9(12(15)19)6(2)11(17-14(21)8(4)18)7(3)10(5)13(16)20/h8,18H,1-4H3,(H,17,21). The lowest BCUT2D eigenvalue weighted by Crippen LogP contribution is -2.26. The Morgan fingerprint density at radius 1 is 0.952 bits per heavy atom. The fraction of sp³-hybridized carbons (Fsp3) is 0.357. The van der Waals surface area contributed by atoms with Crippen molar-refractivity contribution in [2.45, 2.75) is 33.8 Å². The van der Waals surface area contributed by atoms with Crippen molar-refractivity contribution in [3.8, 4) is 0 Å². The first-order valence-corrected chi connectivity index (χ1v) is 6.87. The Kier molecular flexibility index (Phi) is 5.50. The lowest BCUT2D eigenvalue weighted by molar-refractivity contribution is -0.123. The van der Waals surface area contributed by atoms with Gasteiger partial charge in [0.1, 0.15) is 6.10 Å². The molecule has 7 heteroatoms. The van der Waals surface area contributed by atoms with Crippen LogP contribution in [0.4, 0.5) is 5.69 Å². The number of benzene rings is 1. The van der Waals surface area contributed by atoms with Crippen LogP contribution in [0.15, 0.2) is 0 Å². The maximum atomic E-state index is 11.7. The van der Waals surface area contributed by atoms with E-state index in [1.54, 1.807) is 20.8 Å². The highest BCUT2D eigenvalue weighted by molar-refractivity contribution is 6.69. The number of anilines is 1. The molecule has 5 nitrogen and oxygen atoms in total. The summed E-state index contributed by atoms with van der Waals surface area (Å²) in [6.07, 6.45) is -1.24. The highest BCUT2D eigenvalue weighted by Crippen LogP contribution is 2.33. The number of carbonyl (C=O) groups excluding carboxylic acids is 3. The second-order valence-electron chi connectivity index (χ2n) is 4.71. The number of aliphatic hydroxyl groups excluding tert-OH is 1. The number of hydrogen-bond acceptors (Lipinski definition) is 4. The van der Waals surface area contributed by atoms with E-state index >= 15 is 0 Å². The van der Waals surface area contributed by atoms with Gasteiger partial charge in [-0.2, -0.15) is 0 Å². The highest BCUT2D eigenvalue weighted by atomic mass is 35.5. The highest BCUT2D eigenvalue weighted by Gasteiger charge is 2.25. The van der Waals surface area contributed by atoms with Crippen LogP contribution < -0.4 is 5.32 Å². The smallest absolute Gasteiger partial charge is 0.253 e. The van der Waals surface area contributed by atoms with Crippen molar-refractivity contribution in [3.05, 3.63) is 27.8 Å². The molecular formula is C14H15Cl2NO4. The van der Waals surface area contributed by atoms with Crippen molar-refractivity contribution in [1.29, 1.82) is 0 Å². The van der Waals surface area contributed by atoms with Gasteiger partial charge in [-0.1, -0.05) is 0 Å². The number of halogens is 2. The zero-order valence-electron chi connectivity index (χ0n) is 12.0. The molecule has 1 atom stereocenters. The summed E-state index contributed by atoms with van der Waals surface area (Å²) in [5.41, 5.74) is 1.68. The molecule has 1 unspecified atom stereocenters. The second-order valence-corrected chi connectivity index (χ2v) is 5.40. The molecule has 1 aromatic carbocycles. The summed E-state index contributed by atoms with van der Waals surface area (Å²) in [6.45, 7) is 6.05. The van der Waals surface area contributed by atoms with Crippen molar-refractivity contribution >= 4 is 45.3 Å². The Labute approximate surface area is 132 Å². The lowest BCUT2D eigenvalue weighted by atomic mass is 9.92. The van der Waals surface area contributed by atoms with Gasteiger partial charge in [0.25, 0.3) is 16.4 Å². The largest absolute Gasteiger partial charge is 0.384 e. The van der Waals surface area contributed by atoms with Gasteiger partial charge in [-0.05, 0) is 67.6 Å². The number of rotatable bonds is 4. The molecule has 2 N–H and O–H groups in total. The van der Waals surface area contributed by atoms with Gasteiger partial charge in [0.2, 0.25) is 0 Å². The van der Waals surface area contributed by atoms with Crippen LogP contribution in [-0.4, -0.2) is 27.6 Å². The van der Waals surface area contributed by atoms with Crippen LogP contribution in [0.5, 0.6) is 0 Å². The van der Waals surface area contributed by atoms with Crippen molar-refractivity contribution in [2.75, 3.05) is 5.32 Å². The molecule has 0 aromatic heterocycles. The van der Waals surface area contributed by atoms with Crippen LogP contribution in [0.1, 0.15) is 44.3 Å². The Morgan fingerprint density at radius 2 is 1.33 bits per heavy atom. The van der Waals surface area contributed by atoms with E-state index in [-0.39, 0.29) is 16.8 Å². The molecule has 0 radical (unpaired) electrons. The third-order valence-electron chi connectivity index (χ3n) is 3.27. The minimum absolute atomic E-state index is 0.118. The SMILES string of the molecule is Cc1c(NC(=O)C(C)O)c(C)c(C(=O)Cl)c(C)c1C(=O)Cl. The summed E-state index contributed by atoms with van der Waals surface area (Å²) in [7, 11) is 0. The fourth-order valence-electron chi connectivity index (χ4n) is 2.22. The second kappa shape index (κ2) is 6.56. The molecule has 0 spiro atoms. The molecule has 0 aliphatic heterocycles. The zero-order valence-corrected chi connectivity index (χ0v) is 13.5.